The van der Waals surface area contributed by atoms with Gasteiger partial charge in [-0.05, 0) is 61.2 Å². The molecule has 1 nitrogen and oxygen atoms in total. The van der Waals surface area contributed by atoms with Crippen molar-refractivity contribution in [1.82, 2.24) is 4.57 Å². The maximum Gasteiger partial charge on any atom is 0.0612 e. The second kappa shape index (κ2) is 8.19. The Morgan fingerprint density at radius 2 is 1.57 bits per heavy atom. The molecule has 0 aliphatic carbocycles. The lowest BCUT2D eigenvalue weighted by atomic mass is 10.1. The molecule has 0 bridgehead atoms. The molecule has 138 valence electrons. The molecule has 1 heteroatoms. The van der Waals surface area contributed by atoms with Crippen LogP contribution in [-0.4, -0.2) is 4.57 Å². The number of unbranched alkanes of at least 4 members (excludes halogenated alkanes) is 1. The molecule has 0 saturated heterocycles. The van der Waals surface area contributed by atoms with E-state index in [1.165, 1.54) is 34.9 Å². The third kappa shape index (κ3) is 3.73. The molecule has 28 heavy (non-hydrogen) atoms. The first-order valence-corrected chi connectivity index (χ1v) is 10.0. The van der Waals surface area contributed by atoms with Crippen LogP contribution in [0.15, 0.2) is 79.0 Å². The zero-order chi connectivity index (χ0) is 19.3. The number of hydrogen-bond acceptors (Lipinski definition) is 0. The highest BCUT2D eigenvalue weighted by molar-refractivity contribution is 5.85. The van der Waals surface area contributed by atoms with Gasteiger partial charge in [-0.15, -0.1) is 0 Å². The highest BCUT2D eigenvalue weighted by Crippen LogP contribution is 2.25. The Kier molecular flexibility index (Phi) is 5.31. The first kappa shape index (κ1) is 18.1. The summed E-state index contributed by atoms with van der Waals surface area (Å²) in [6, 6.07) is 25.6. The van der Waals surface area contributed by atoms with Gasteiger partial charge in [-0.2, -0.15) is 0 Å². The van der Waals surface area contributed by atoms with Crippen LogP contribution in [0.3, 0.4) is 0 Å². The summed E-state index contributed by atoms with van der Waals surface area (Å²) in [5.74, 6) is 6.74. The normalized spacial score (nSPS) is 10.6. The molecule has 1 aromatic heterocycles. The molecule has 0 saturated carbocycles. The van der Waals surface area contributed by atoms with Crippen molar-refractivity contribution in [2.24, 2.45) is 0 Å². The smallest absolute Gasteiger partial charge is 0.0612 e. The molecular weight excluding hydrogens is 338 g/mol. The van der Waals surface area contributed by atoms with Crippen LogP contribution < -0.4 is 0 Å². The number of nitrogens with zero attached hydrogens (tertiary/aromatic N) is 1. The molecule has 0 spiro atoms. The molecular formula is C27H25N. The summed E-state index contributed by atoms with van der Waals surface area (Å²) in [5.41, 5.74) is 7.11. The van der Waals surface area contributed by atoms with Gasteiger partial charge in [-0.3, -0.25) is 0 Å². The average molecular weight is 364 g/mol. The van der Waals surface area contributed by atoms with Gasteiger partial charge >= 0.3 is 0 Å². The van der Waals surface area contributed by atoms with Gasteiger partial charge in [0, 0.05) is 22.7 Å². The van der Waals surface area contributed by atoms with Crippen LogP contribution >= 0.6 is 0 Å². The van der Waals surface area contributed by atoms with Gasteiger partial charge in [0.2, 0.25) is 0 Å². The topological polar surface area (TPSA) is 4.93 Å². The molecule has 0 N–H and O–H groups in total. The maximum atomic E-state index is 3.39. The van der Waals surface area contributed by atoms with Crippen molar-refractivity contribution in [3.05, 3.63) is 101 Å². The maximum absolute atomic E-state index is 3.39. The van der Waals surface area contributed by atoms with Crippen LogP contribution in [0, 0.1) is 18.8 Å². The lowest BCUT2D eigenvalue weighted by Gasteiger charge is -2.08. The van der Waals surface area contributed by atoms with Crippen molar-refractivity contribution in [3.63, 3.8) is 0 Å². The van der Waals surface area contributed by atoms with E-state index in [0.717, 1.165) is 23.2 Å². The fourth-order valence-electron chi connectivity index (χ4n) is 3.61. The predicted octanol–water partition coefficient (Wildman–Crippen LogP) is 6.68. The lowest BCUT2D eigenvalue weighted by molar-refractivity contribution is 0.795. The van der Waals surface area contributed by atoms with E-state index in [1.54, 1.807) is 0 Å². The molecule has 0 aliphatic rings. The summed E-state index contributed by atoms with van der Waals surface area (Å²) in [7, 11) is 0. The lowest BCUT2D eigenvalue weighted by Crippen LogP contribution is -1.95. The molecule has 0 fully saturated rings. The number of hydrogen-bond donors (Lipinski definition) is 0. The summed E-state index contributed by atoms with van der Waals surface area (Å²) in [5, 5.41) is 1.29. The van der Waals surface area contributed by atoms with Gasteiger partial charge in [-0.1, -0.05) is 67.6 Å². The summed E-state index contributed by atoms with van der Waals surface area (Å²) in [6.07, 6.45) is 5.81. The third-order valence-corrected chi connectivity index (χ3v) is 5.19. The van der Waals surface area contributed by atoms with E-state index in [1.807, 2.05) is 0 Å². The number of rotatable bonds is 4. The molecule has 0 radical (unpaired) electrons. The number of benzene rings is 3. The molecule has 0 aliphatic heterocycles. The van der Waals surface area contributed by atoms with Crippen LogP contribution in [0.25, 0.3) is 16.6 Å². The SMILES string of the molecule is CCCCc1ccc(C#Cc2ccccc2-n2cc(C)c3ccccc32)cc1. The first-order chi connectivity index (χ1) is 13.8. The summed E-state index contributed by atoms with van der Waals surface area (Å²) < 4.78 is 2.25. The summed E-state index contributed by atoms with van der Waals surface area (Å²) >= 11 is 0. The van der Waals surface area contributed by atoms with Gasteiger partial charge in [-0.25, -0.2) is 0 Å². The van der Waals surface area contributed by atoms with Gasteiger partial charge in [0.05, 0.1) is 11.2 Å². The Balaban J connectivity index is 1.69. The van der Waals surface area contributed by atoms with Crippen LogP contribution in [0.5, 0.6) is 0 Å². The number of para-hydroxylation sites is 2. The Bertz CT molecular complexity index is 1150. The van der Waals surface area contributed by atoms with E-state index in [0.29, 0.717) is 0 Å². The fraction of sp³-hybridized carbons (Fsp3) is 0.185. The van der Waals surface area contributed by atoms with Gasteiger partial charge in [0.1, 0.15) is 0 Å². The molecule has 0 amide bonds. The zero-order valence-electron chi connectivity index (χ0n) is 16.6. The molecule has 1 heterocycles. The zero-order valence-corrected chi connectivity index (χ0v) is 16.6. The Labute approximate surface area is 167 Å². The average Bonchev–Trinajstić information content (AvgIpc) is 3.08. The quantitative estimate of drug-likeness (QED) is 0.356. The Morgan fingerprint density at radius 1 is 0.821 bits per heavy atom. The van der Waals surface area contributed by atoms with Crippen molar-refractivity contribution in [3.8, 4) is 17.5 Å². The minimum Gasteiger partial charge on any atom is -0.315 e. The molecule has 4 rings (SSSR count). The van der Waals surface area contributed by atoms with E-state index in [4.69, 9.17) is 0 Å². The monoisotopic (exact) mass is 363 g/mol. The fourth-order valence-corrected chi connectivity index (χ4v) is 3.61. The minimum atomic E-state index is 1.04. The molecule has 4 aromatic rings. The van der Waals surface area contributed by atoms with Gasteiger partial charge < -0.3 is 4.57 Å². The number of fused-ring (bicyclic) bond motifs is 1. The predicted molar refractivity (Wildman–Crippen MR) is 119 cm³/mol. The highest BCUT2D eigenvalue weighted by Gasteiger charge is 2.08. The van der Waals surface area contributed by atoms with Crippen LogP contribution in [0.2, 0.25) is 0 Å². The molecule has 0 unspecified atom stereocenters. The van der Waals surface area contributed by atoms with Crippen LogP contribution in [0.4, 0.5) is 0 Å². The van der Waals surface area contributed by atoms with Crippen molar-refractivity contribution in [2.45, 2.75) is 33.1 Å². The van der Waals surface area contributed by atoms with E-state index >= 15 is 0 Å². The van der Waals surface area contributed by atoms with Crippen molar-refractivity contribution < 1.29 is 0 Å². The second-order valence-electron chi connectivity index (χ2n) is 7.27. The highest BCUT2D eigenvalue weighted by atomic mass is 15.0. The van der Waals surface area contributed by atoms with Crippen molar-refractivity contribution in [1.29, 1.82) is 0 Å². The summed E-state index contributed by atoms with van der Waals surface area (Å²) in [6.45, 7) is 4.39. The number of aryl methyl sites for hydroxylation is 2. The minimum absolute atomic E-state index is 1.04. The Hall–Kier alpha value is -3.24. The Morgan fingerprint density at radius 3 is 2.39 bits per heavy atom. The molecule has 3 aromatic carbocycles. The van der Waals surface area contributed by atoms with Gasteiger partial charge in [0.15, 0.2) is 0 Å². The van der Waals surface area contributed by atoms with Crippen LogP contribution in [0.1, 0.15) is 42.0 Å². The summed E-state index contributed by atoms with van der Waals surface area (Å²) in [4.78, 5) is 0. The van der Waals surface area contributed by atoms with E-state index in [9.17, 15) is 0 Å². The third-order valence-electron chi connectivity index (χ3n) is 5.19. The van der Waals surface area contributed by atoms with Crippen LogP contribution in [-0.2, 0) is 6.42 Å². The van der Waals surface area contributed by atoms with E-state index < -0.39 is 0 Å². The van der Waals surface area contributed by atoms with Crippen molar-refractivity contribution in [2.75, 3.05) is 0 Å². The standard InChI is InChI=1S/C27H25N/c1-3-4-9-22-14-16-23(17-15-22)18-19-24-10-5-7-12-26(24)28-20-21(2)25-11-6-8-13-27(25)28/h5-8,10-17,20H,3-4,9H2,1-2H3. The number of aromatic nitrogens is 1. The second-order valence-corrected chi connectivity index (χ2v) is 7.27. The van der Waals surface area contributed by atoms with E-state index in [2.05, 4.69) is 109 Å². The van der Waals surface area contributed by atoms with Crippen molar-refractivity contribution >= 4 is 10.9 Å². The first-order valence-electron chi connectivity index (χ1n) is 10.0. The largest absolute Gasteiger partial charge is 0.315 e. The van der Waals surface area contributed by atoms with Gasteiger partial charge in [0.25, 0.3) is 0 Å². The van der Waals surface area contributed by atoms with E-state index in [-0.39, 0.29) is 0 Å². The molecule has 0 atom stereocenters.